The molecule has 7 aliphatic rings. The van der Waals surface area contributed by atoms with Crippen molar-refractivity contribution < 1.29 is 14.3 Å². The first kappa shape index (κ1) is 16.4. The monoisotopic (exact) mass is 378 g/mol. The van der Waals surface area contributed by atoms with Gasteiger partial charge in [-0.25, -0.2) is 4.79 Å². The van der Waals surface area contributed by atoms with Crippen LogP contribution in [0.25, 0.3) is 0 Å². The molecule has 0 bridgehead atoms. The van der Waals surface area contributed by atoms with Gasteiger partial charge in [0.15, 0.2) is 0 Å². The Morgan fingerprint density at radius 3 is 2.71 bits per heavy atom. The third kappa shape index (κ3) is 1.83. The van der Waals surface area contributed by atoms with Gasteiger partial charge in [-0.05, 0) is 86.5 Å². The minimum absolute atomic E-state index is 0.111. The van der Waals surface area contributed by atoms with E-state index in [1.807, 2.05) is 0 Å². The minimum atomic E-state index is -0.310. The molecule has 0 aromatic rings. The fourth-order valence-electron chi connectivity index (χ4n) is 9.10. The van der Waals surface area contributed by atoms with Gasteiger partial charge in [0.1, 0.15) is 11.4 Å². The fraction of sp³-hybridized carbons (Fsp3) is 0.760. The Bertz CT molecular complexity index is 863. The molecule has 6 aliphatic carbocycles. The summed E-state index contributed by atoms with van der Waals surface area (Å²) in [5, 5.41) is 0. The van der Waals surface area contributed by atoms with Crippen LogP contribution < -0.4 is 0 Å². The second-order valence-electron chi connectivity index (χ2n) is 11.3. The van der Waals surface area contributed by atoms with Crippen LogP contribution in [0, 0.1) is 46.8 Å². The first-order valence-corrected chi connectivity index (χ1v) is 11.7. The van der Waals surface area contributed by atoms with Gasteiger partial charge in [-0.1, -0.05) is 18.1 Å². The van der Waals surface area contributed by atoms with Crippen LogP contribution in [0.2, 0.25) is 0 Å². The van der Waals surface area contributed by atoms with E-state index in [-0.39, 0.29) is 17.0 Å². The maximum Gasteiger partial charge on any atom is 0.331 e. The lowest BCUT2D eigenvalue weighted by atomic mass is 9.48. The molecule has 6 unspecified atom stereocenters. The molecule has 0 radical (unpaired) electrons. The molecule has 4 fully saturated rings. The number of carbonyl (C=O) groups is 2. The zero-order valence-electron chi connectivity index (χ0n) is 16.8. The molecule has 1 spiro atoms. The number of hydrogen-bond donors (Lipinski definition) is 0. The molecule has 148 valence electrons. The second kappa shape index (κ2) is 5.02. The lowest BCUT2D eigenvalue weighted by Crippen LogP contribution is -2.55. The molecule has 8 atom stereocenters. The van der Waals surface area contributed by atoms with Crippen LogP contribution in [0.4, 0.5) is 0 Å². The Kier molecular flexibility index (Phi) is 2.94. The normalized spacial score (nSPS) is 53.6. The summed E-state index contributed by atoms with van der Waals surface area (Å²) in [4.78, 5) is 24.3. The Labute approximate surface area is 167 Å². The quantitative estimate of drug-likeness (QED) is 0.494. The predicted octanol–water partition coefficient (Wildman–Crippen LogP) is 4.62. The predicted molar refractivity (Wildman–Crippen MR) is 104 cm³/mol. The average Bonchev–Trinajstić information content (AvgIpc) is 3.59. The average molecular weight is 379 g/mol. The Hall–Kier alpha value is -1.38. The molecule has 3 heteroatoms. The van der Waals surface area contributed by atoms with E-state index in [1.165, 1.54) is 38.5 Å². The summed E-state index contributed by atoms with van der Waals surface area (Å²) in [5.41, 5.74) is 3.04. The number of ketones is 1. The molecule has 4 saturated carbocycles. The summed E-state index contributed by atoms with van der Waals surface area (Å²) in [6.07, 6.45) is 14.1. The molecule has 0 N–H and O–H groups in total. The van der Waals surface area contributed by atoms with E-state index in [2.05, 4.69) is 13.0 Å². The zero-order valence-corrected chi connectivity index (χ0v) is 16.8. The van der Waals surface area contributed by atoms with Crippen molar-refractivity contribution in [3.63, 3.8) is 0 Å². The van der Waals surface area contributed by atoms with Crippen LogP contribution in [0.15, 0.2) is 23.3 Å². The molecule has 1 heterocycles. The summed E-state index contributed by atoms with van der Waals surface area (Å²) in [6, 6.07) is 0. The van der Waals surface area contributed by atoms with E-state index >= 15 is 0 Å². The zero-order chi connectivity index (χ0) is 18.8. The van der Waals surface area contributed by atoms with Gasteiger partial charge < -0.3 is 4.74 Å². The van der Waals surface area contributed by atoms with Crippen LogP contribution in [-0.2, 0) is 14.3 Å². The van der Waals surface area contributed by atoms with Gasteiger partial charge in [0.05, 0.1) is 0 Å². The molecular formula is C25H30O3. The molecule has 0 amide bonds. The van der Waals surface area contributed by atoms with Gasteiger partial charge in [-0.2, -0.15) is 0 Å². The summed E-state index contributed by atoms with van der Waals surface area (Å²) in [7, 11) is 0. The van der Waals surface area contributed by atoms with Crippen molar-refractivity contribution in [3.8, 4) is 0 Å². The maximum absolute atomic E-state index is 12.2. The Balaban J connectivity index is 1.34. The van der Waals surface area contributed by atoms with E-state index in [0.29, 0.717) is 23.5 Å². The van der Waals surface area contributed by atoms with Gasteiger partial charge in [-0.15, -0.1) is 0 Å². The van der Waals surface area contributed by atoms with Crippen molar-refractivity contribution >= 4 is 11.8 Å². The largest absolute Gasteiger partial charge is 0.451 e. The topological polar surface area (TPSA) is 43.4 Å². The highest BCUT2D eigenvalue weighted by atomic mass is 16.6. The van der Waals surface area contributed by atoms with E-state index in [9.17, 15) is 9.59 Å². The summed E-state index contributed by atoms with van der Waals surface area (Å²) in [5.74, 6) is 5.50. The number of ether oxygens (including phenoxy) is 1. The Morgan fingerprint density at radius 2 is 1.96 bits per heavy atom. The Morgan fingerprint density at radius 1 is 1.11 bits per heavy atom. The molecule has 0 saturated heterocycles. The lowest BCUT2D eigenvalue weighted by molar-refractivity contribution is -0.167. The number of allylic oxidation sites excluding steroid dienone is 2. The van der Waals surface area contributed by atoms with E-state index < -0.39 is 0 Å². The van der Waals surface area contributed by atoms with Crippen molar-refractivity contribution in [2.24, 2.45) is 46.8 Å². The third-order valence-electron chi connectivity index (χ3n) is 10.3. The third-order valence-corrected chi connectivity index (χ3v) is 10.3. The van der Waals surface area contributed by atoms with Crippen molar-refractivity contribution in [1.29, 1.82) is 0 Å². The SMILES string of the molecule is C[C@]12CCC3C4=C(CC(=O)CC4)CC(C4CC4)C3C1C1CC1[C@@]21C=CC(=O)O1. The van der Waals surface area contributed by atoms with Crippen LogP contribution >= 0.6 is 0 Å². The van der Waals surface area contributed by atoms with Gasteiger partial charge in [-0.3, -0.25) is 4.79 Å². The highest BCUT2D eigenvalue weighted by molar-refractivity contribution is 5.86. The number of hydrogen-bond acceptors (Lipinski definition) is 3. The number of carbonyl (C=O) groups excluding carboxylic acids is 2. The fourth-order valence-corrected chi connectivity index (χ4v) is 9.10. The summed E-state index contributed by atoms with van der Waals surface area (Å²) < 4.78 is 6.14. The lowest BCUT2D eigenvalue weighted by Gasteiger charge is -2.57. The van der Waals surface area contributed by atoms with Crippen LogP contribution in [0.3, 0.4) is 0 Å². The standard InChI is InChI=1S/C25H30O3/c1-24-8-6-17-16-5-4-15(26)10-14(16)11-18(13-2-3-13)22(17)23(24)19-12-20(19)25(24)9-7-21(27)28-25/h7,9,13,17-20,22-23H,2-6,8,10-12H2,1H3/t17?,18?,19?,20?,22?,23?,24-,25-/m0/s1. The van der Waals surface area contributed by atoms with Crippen LogP contribution in [0.5, 0.6) is 0 Å². The van der Waals surface area contributed by atoms with Gasteiger partial charge in [0.25, 0.3) is 0 Å². The second-order valence-corrected chi connectivity index (χ2v) is 11.3. The molecule has 1 aliphatic heterocycles. The molecule has 0 aromatic carbocycles. The van der Waals surface area contributed by atoms with Gasteiger partial charge in [0.2, 0.25) is 0 Å². The summed E-state index contributed by atoms with van der Waals surface area (Å²) >= 11 is 0. The van der Waals surface area contributed by atoms with E-state index in [0.717, 1.165) is 42.9 Å². The molecule has 0 aromatic heterocycles. The van der Waals surface area contributed by atoms with E-state index in [1.54, 1.807) is 17.2 Å². The smallest absolute Gasteiger partial charge is 0.331 e. The maximum atomic E-state index is 12.2. The number of rotatable bonds is 1. The van der Waals surface area contributed by atoms with Crippen LogP contribution in [-0.4, -0.2) is 17.4 Å². The van der Waals surface area contributed by atoms with Crippen molar-refractivity contribution in [1.82, 2.24) is 0 Å². The number of fused-ring (bicyclic) bond motifs is 8. The molecule has 3 nitrogen and oxygen atoms in total. The molecule has 28 heavy (non-hydrogen) atoms. The van der Waals surface area contributed by atoms with E-state index in [4.69, 9.17) is 4.74 Å². The molecule has 7 rings (SSSR count). The van der Waals surface area contributed by atoms with Crippen molar-refractivity contribution in [2.75, 3.05) is 0 Å². The number of esters is 1. The highest BCUT2D eigenvalue weighted by Gasteiger charge is 2.78. The van der Waals surface area contributed by atoms with Crippen molar-refractivity contribution in [2.45, 2.75) is 70.3 Å². The van der Waals surface area contributed by atoms with Gasteiger partial charge >= 0.3 is 5.97 Å². The summed E-state index contributed by atoms with van der Waals surface area (Å²) in [6.45, 7) is 2.46. The van der Waals surface area contributed by atoms with Crippen molar-refractivity contribution in [3.05, 3.63) is 23.3 Å². The first-order chi connectivity index (χ1) is 13.5. The highest BCUT2D eigenvalue weighted by Crippen LogP contribution is 2.78. The first-order valence-electron chi connectivity index (χ1n) is 11.7. The number of Topliss-reactive ketones (excluding diaryl/α,β-unsaturated/α-hetero) is 1. The van der Waals surface area contributed by atoms with Crippen LogP contribution in [0.1, 0.15) is 64.7 Å². The van der Waals surface area contributed by atoms with Gasteiger partial charge in [0, 0.05) is 30.3 Å². The minimum Gasteiger partial charge on any atom is -0.451 e. The molecular weight excluding hydrogens is 348 g/mol.